The summed E-state index contributed by atoms with van der Waals surface area (Å²) in [5.41, 5.74) is 12.0. The minimum atomic E-state index is 0.425. The molecule has 3 heterocycles. The number of ether oxygens (including phenoxy) is 1. The lowest BCUT2D eigenvalue weighted by atomic mass is 9.79. The molecular weight excluding hydrogens is 508 g/mol. The van der Waals surface area contributed by atoms with Crippen LogP contribution in [0, 0.1) is 5.92 Å². The van der Waals surface area contributed by atoms with Gasteiger partial charge in [-0.05, 0) is 54.2 Å². The van der Waals surface area contributed by atoms with E-state index in [-0.39, 0.29) is 0 Å². The van der Waals surface area contributed by atoms with Crippen molar-refractivity contribution in [3.8, 4) is 16.9 Å². The van der Waals surface area contributed by atoms with E-state index in [1.54, 1.807) is 6.33 Å². The minimum Gasteiger partial charge on any atom is -0.489 e. The summed E-state index contributed by atoms with van der Waals surface area (Å²) in [4.78, 5) is 14.2. The van der Waals surface area contributed by atoms with Crippen molar-refractivity contribution in [3.05, 3.63) is 103 Å². The maximum Gasteiger partial charge on any atom is 0.146 e. The number of nitrogens with two attached hydrogens (primary N) is 1. The summed E-state index contributed by atoms with van der Waals surface area (Å²) >= 11 is 0. The summed E-state index contributed by atoms with van der Waals surface area (Å²) in [5.74, 6) is 2.06. The van der Waals surface area contributed by atoms with Gasteiger partial charge in [-0.15, -0.1) is 0 Å². The zero-order chi connectivity index (χ0) is 27.6. The molecular formula is C34H36N6O. The molecule has 5 aromatic rings. The van der Waals surface area contributed by atoms with Gasteiger partial charge >= 0.3 is 0 Å². The van der Waals surface area contributed by atoms with Gasteiger partial charge in [-0.25, -0.2) is 9.97 Å². The zero-order valence-electron chi connectivity index (χ0n) is 23.3. The van der Waals surface area contributed by atoms with Crippen LogP contribution in [-0.2, 0) is 6.61 Å². The van der Waals surface area contributed by atoms with Gasteiger partial charge in [0.25, 0.3) is 0 Å². The van der Waals surface area contributed by atoms with Crippen molar-refractivity contribution in [1.29, 1.82) is 0 Å². The average Bonchev–Trinajstić information content (AvgIpc) is 3.40. The average molecular weight is 545 g/mol. The predicted octanol–water partition coefficient (Wildman–Crippen LogP) is 6.03. The summed E-state index contributed by atoms with van der Waals surface area (Å²) in [7, 11) is 0. The number of piperazine rings is 1. The van der Waals surface area contributed by atoms with Gasteiger partial charge in [0, 0.05) is 56.2 Å². The second kappa shape index (κ2) is 11.3. The van der Waals surface area contributed by atoms with Crippen LogP contribution in [0.5, 0.6) is 5.75 Å². The molecule has 0 radical (unpaired) electrons. The van der Waals surface area contributed by atoms with Crippen LogP contribution in [-0.4, -0.2) is 52.2 Å². The molecule has 41 heavy (non-hydrogen) atoms. The third kappa shape index (κ3) is 5.37. The van der Waals surface area contributed by atoms with Crippen LogP contribution in [0.4, 0.5) is 11.5 Å². The lowest BCUT2D eigenvalue weighted by molar-refractivity contribution is 0.126. The molecule has 2 aromatic heterocycles. The standard InChI is InChI=1S/C34H36N6O/c35-33-32-31(27-10-7-13-30(20-27)41-23-25-8-3-1-4-9-25)22-40(34(32)37-24-36-33)29-18-26(19-29)21-38-14-16-39(17-15-38)28-11-5-2-6-12-28/h1-13,20,22,24,26,29H,14-19,21,23H2,(H2,35,36,37). The van der Waals surface area contributed by atoms with E-state index in [9.17, 15) is 0 Å². The number of hydrogen-bond donors (Lipinski definition) is 1. The first-order chi connectivity index (χ1) is 20.2. The summed E-state index contributed by atoms with van der Waals surface area (Å²) < 4.78 is 8.46. The summed E-state index contributed by atoms with van der Waals surface area (Å²) in [6, 6.07) is 29.7. The molecule has 0 atom stereocenters. The number of hydrogen-bond acceptors (Lipinski definition) is 6. The first-order valence-electron chi connectivity index (χ1n) is 14.6. The molecule has 2 fully saturated rings. The first kappa shape index (κ1) is 25.6. The summed E-state index contributed by atoms with van der Waals surface area (Å²) in [5, 5.41) is 0.924. The largest absolute Gasteiger partial charge is 0.489 e. The van der Waals surface area contributed by atoms with Gasteiger partial charge < -0.3 is 19.9 Å². The van der Waals surface area contributed by atoms with Gasteiger partial charge in [0.15, 0.2) is 0 Å². The maximum atomic E-state index is 6.44. The van der Waals surface area contributed by atoms with Crippen LogP contribution < -0.4 is 15.4 Å². The Morgan fingerprint density at radius 2 is 1.59 bits per heavy atom. The highest BCUT2D eigenvalue weighted by Gasteiger charge is 2.34. The Balaban J connectivity index is 1.03. The van der Waals surface area contributed by atoms with Crippen molar-refractivity contribution in [3.63, 3.8) is 0 Å². The molecule has 208 valence electrons. The normalized spacial score (nSPS) is 19.3. The number of nitrogens with zero attached hydrogens (tertiary/aromatic N) is 5. The first-order valence-corrected chi connectivity index (χ1v) is 14.6. The molecule has 0 unspecified atom stereocenters. The predicted molar refractivity (Wildman–Crippen MR) is 165 cm³/mol. The van der Waals surface area contributed by atoms with Crippen LogP contribution in [0.15, 0.2) is 97.5 Å². The molecule has 0 amide bonds. The molecule has 7 rings (SSSR count). The van der Waals surface area contributed by atoms with Crippen LogP contribution >= 0.6 is 0 Å². The third-order valence-electron chi connectivity index (χ3n) is 8.65. The third-order valence-corrected chi connectivity index (χ3v) is 8.65. The van der Waals surface area contributed by atoms with Crippen LogP contribution in [0.1, 0.15) is 24.4 Å². The second-order valence-electron chi connectivity index (χ2n) is 11.3. The molecule has 7 nitrogen and oxygen atoms in total. The number of aromatic nitrogens is 3. The molecule has 2 N–H and O–H groups in total. The molecule has 3 aromatic carbocycles. The Kier molecular flexibility index (Phi) is 7.03. The van der Waals surface area contributed by atoms with Gasteiger partial charge in [-0.2, -0.15) is 0 Å². The Hall–Kier alpha value is -4.36. The Bertz CT molecular complexity index is 1600. The monoisotopic (exact) mass is 544 g/mol. The fourth-order valence-electron chi connectivity index (χ4n) is 6.37. The number of rotatable bonds is 8. The molecule has 0 bridgehead atoms. The van der Waals surface area contributed by atoms with Crippen molar-refractivity contribution in [2.75, 3.05) is 43.4 Å². The van der Waals surface area contributed by atoms with Crippen molar-refractivity contribution in [2.24, 2.45) is 5.92 Å². The van der Waals surface area contributed by atoms with Crippen molar-refractivity contribution < 1.29 is 4.74 Å². The van der Waals surface area contributed by atoms with E-state index >= 15 is 0 Å². The Morgan fingerprint density at radius 3 is 2.37 bits per heavy atom. The maximum absolute atomic E-state index is 6.44. The van der Waals surface area contributed by atoms with Crippen LogP contribution in [0.2, 0.25) is 0 Å². The van der Waals surface area contributed by atoms with Crippen molar-refractivity contribution in [2.45, 2.75) is 25.5 Å². The molecule has 0 spiro atoms. The Morgan fingerprint density at radius 1 is 0.829 bits per heavy atom. The fourth-order valence-corrected chi connectivity index (χ4v) is 6.37. The molecule has 1 aliphatic carbocycles. The lowest BCUT2D eigenvalue weighted by Gasteiger charge is -2.42. The van der Waals surface area contributed by atoms with Gasteiger partial charge in [0.05, 0.1) is 5.39 Å². The summed E-state index contributed by atoms with van der Waals surface area (Å²) in [6.07, 6.45) is 6.13. The van der Waals surface area contributed by atoms with Gasteiger partial charge in [-0.3, -0.25) is 4.90 Å². The lowest BCUT2D eigenvalue weighted by Crippen LogP contribution is -2.49. The quantitative estimate of drug-likeness (QED) is 0.257. The minimum absolute atomic E-state index is 0.425. The van der Waals surface area contributed by atoms with Crippen molar-refractivity contribution >= 4 is 22.5 Å². The number of anilines is 2. The Labute approximate surface area is 241 Å². The van der Waals surface area contributed by atoms with E-state index in [4.69, 9.17) is 15.5 Å². The summed E-state index contributed by atoms with van der Waals surface area (Å²) in [6.45, 7) is 6.13. The number of fused-ring (bicyclic) bond motifs is 1. The number of benzene rings is 3. The van der Waals surface area contributed by atoms with E-state index < -0.39 is 0 Å². The van der Waals surface area contributed by atoms with E-state index in [1.807, 2.05) is 30.3 Å². The van der Waals surface area contributed by atoms with E-state index in [1.165, 1.54) is 12.2 Å². The van der Waals surface area contributed by atoms with E-state index in [0.717, 1.165) is 72.5 Å². The fraction of sp³-hybridized carbons (Fsp3) is 0.294. The van der Waals surface area contributed by atoms with Crippen molar-refractivity contribution in [1.82, 2.24) is 19.4 Å². The topological polar surface area (TPSA) is 72.4 Å². The smallest absolute Gasteiger partial charge is 0.146 e. The SMILES string of the molecule is Nc1ncnc2c1c(-c1cccc(OCc3ccccc3)c1)cn2C1CC(CN2CCN(c3ccccc3)CC2)C1. The molecule has 1 saturated heterocycles. The molecule has 2 aliphatic rings. The highest BCUT2D eigenvalue weighted by atomic mass is 16.5. The molecule has 1 aliphatic heterocycles. The second-order valence-corrected chi connectivity index (χ2v) is 11.3. The number of nitrogen functional groups attached to an aromatic ring is 1. The molecule has 1 saturated carbocycles. The highest BCUT2D eigenvalue weighted by molar-refractivity contribution is 6.00. The zero-order valence-corrected chi connectivity index (χ0v) is 23.3. The van der Waals surface area contributed by atoms with Gasteiger partial charge in [0.1, 0.15) is 30.1 Å². The van der Waals surface area contributed by atoms with Gasteiger partial charge in [-0.1, -0.05) is 60.7 Å². The van der Waals surface area contributed by atoms with E-state index in [2.05, 4.69) is 80.1 Å². The van der Waals surface area contributed by atoms with Crippen LogP contribution in [0.25, 0.3) is 22.2 Å². The number of para-hydroxylation sites is 1. The molecule has 7 heteroatoms. The van der Waals surface area contributed by atoms with Crippen LogP contribution in [0.3, 0.4) is 0 Å². The highest BCUT2D eigenvalue weighted by Crippen LogP contribution is 2.43. The van der Waals surface area contributed by atoms with Gasteiger partial charge in [0.2, 0.25) is 0 Å². The van der Waals surface area contributed by atoms with E-state index in [0.29, 0.717) is 24.4 Å².